The molecular weight excluding hydrogens is 580 g/mol. The monoisotopic (exact) mass is 628 g/mol. The first-order valence-electron chi connectivity index (χ1n) is 15.2. The zero-order valence-electron chi connectivity index (χ0n) is 27.0. The number of guanidine groups is 1. The Morgan fingerprint density at radius 2 is 1.48 bits per heavy atom. The van der Waals surface area contributed by atoms with Gasteiger partial charge in [-0.1, -0.05) is 65.8 Å². The van der Waals surface area contributed by atoms with Crippen molar-refractivity contribution in [1.82, 2.24) is 14.5 Å². The quantitative estimate of drug-likeness (QED) is 0.249. The van der Waals surface area contributed by atoms with Crippen LogP contribution < -0.4 is 16.2 Å². The van der Waals surface area contributed by atoms with E-state index >= 15 is 0 Å². The molecule has 44 heavy (non-hydrogen) atoms. The molecule has 1 saturated heterocycles. The van der Waals surface area contributed by atoms with Crippen molar-refractivity contribution in [3.63, 3.8) is 0 Å². The standard InChI is InChI=1S/C32H48N6O5S/c1-8-43-32(40)38-14-12-37(13-15-38)30(39)28(17-23-10-9-11-25(16-23)35-31(33)34)36-44(41,42)29-26(21(4)5)18-24(20(2)3)19-27(29)22(6)7/h9-11,16,18-22,28,36H,8,12-15,17H2,1-7H3,(H4,33,34,35). The lowest BCUT2D eigenvalue weighted by atomic mass is 9.89. The van der Waals surface area contributed by atoms with E-state index in [1.165, 1.54) is 0 Å². The molecule has 0 spiro atoms. The third kappa shape index (κ3) is 8.72. The second-order valence-corrected chi connectivity index (χ2v) is 13.7. The molecule has 1 unspecified atom stereocenters. The first-order valence-corrected chi connectivity index (χ1v) is 16.7. The van der Waals surface area contributed by atoms with Gasteiger partial charge >= 0.3 is 6.09 Å². The van der Waals surface area contributed by atoms with Crippen molar-refractivity contribution in [2.24, 2.45) is 16.5 Å². The van der Waals surface area contributed by atoms with Gasteiger partial charge < -0.3 is 26.0 Å². The van der Waals surface area contributed by atoms with Gasteiger partial charge in [0, 0.05) is 26.2 Å². The summed E-state index contributed by atoms with van der Waals surface area (Å²) >= 11 is 0. The fraction of sp³-hybridized carbons (Fsp3) is 0.531. The molecule has 2 aromatic carbocycles. The normalized spacial score (nSPS) is 14.7. The van der Waals surface area contributed by atoms with Crippen LogP contribution in [-0.4, -0.2) is 75.0 Å². The van der Waals surface area contributed by atoms with Crippen molar-refractivity contribution in [2.45, 2.75) is 83.6 Å². The second-order valence-electron chi connectivity index (χ2n) is 12.1. The maximum atomic E-state index is 14.4. The van der Waals surface area contributed by atoms with Crippen LogP contribution in [-0.2, 0) is 26.0 Å². The summed E-state index contributed by atoms with van der Waals surface area (Å²) < 4.78 is 36.6. The number of benzene rings is 2. The Morgan fingerprint density at radius 1 is 0.909 bits per heavy atom. The fourth-order valence-corrected chi connectivity index (χ4v) is 7.19. The van der Waals surface area contributed by atoms with E-state index < -0.39 is 22.2 Å². The Balaban J connectivity index is 2.04. The van der Waals surface area contributed by atoms with E-state index in [0.717, 1.165) is 16.7 Å². The van der Waals surface area contributed by atoms with E-state index in [1.807, 2.05) is 39.8 Å². The Kier molecular flexibility index (Phi) is 11.8. The summed E-state index contributed by atoms with van der Waals surface area (Å²) in [4.78, 5) is 33.7. The summed E-state index contributed by atoms with van der Waals surface area (Å²) in [5.74, 6) is -0.407. The summed E-state index contributed by atoms with van der Waals surface area (Å²) in [6.07, 6.45) is -0.358. The highest BCUT2D eigenvalue weighted by atomic mass is 32.2. The van der Waals surface area contributed by atoms with Crippen molar-refractivity contribution in [3.8, 4) is 0 Å². The van der Waals surface area contributed by atoms with Gasteiger partial charge in [-0.15, -0.1) is 0 Å². The molecule has 0 aliphatic carbocycles. The zero-order chi connectivity index (χ0) is 32.8. The van der Waals surface area contributed by atoms with Crippen molar-refractivity contribution >= 4 is 33.7 Å². The van der Waals surface area contributed by atoms with Gasteiger partial charge in [-0.3, -0.25) is 4.79 Å². The van der Waals surface area contributed by atoms with E-state index in [4.69, 9.17) is 16.2 Å². The highest BCUT2D eigenvalue weighted by Crippen LogP contribution is 2.35. The van der Waals surface area contributed by atoms with Crippen molar-refractivity contribution in [3.05, 3.63) is 58.7 Å². The number of sulfonamides is 1. The molecule has 2 amide bonds. The number of carbonyl (C=O) groups excluding carboxylic acids is 2. The maximum Gasteiger partial charge on any atom is 0.409 e. The molecule has 242 valence electrons. The third-order valence-corrected chi connectivity index (χ3v) is 9.27. The summed E-state index contributed by atoms with van der Waals surface area (Å²) in [5.41, 5.74) is 14.8. The van der Waals surface area contributed by atoms with Crippen LogP contribution >= 0.6 is 0 Å². The molecule has 11 nitrogen and oxygen atoms in total. The lowest BCUT2D eigenvalue weighted by molar-refractivity contribution is -0.134. The number of hydrogen-bond donors (Lipinski definition) is 3. The summed E-state index contributed by atoms with van der Waals surface area (Å²) in [6.45, 7) is 15.2. The van der Waals surface area contributed by atoms with Gasteiger partial charge in [0.1, 0.15) is 6.04 Å². The van der Waals surface area contributed by atoms with Gasteiger partial charge in [-0.25, -0.2) is 18.2 Å². The zero-order valence-corrected chi connectivity index (χ0v) is 27.8. The molecular formula is C32H48N6O5S. The number of piperazine rings is 1. The van der Waals surface area contributed by atoms with E-state index in [-0.39, 0.29) is 73.7 Å². The molecule has 1 aliphatic heterocycles. The van der Waals surface area contributed by atoms with E-state index in [1.54, 1.807) is 41.0 Å². The summed E-state index contributed by atoms with van der Waals surface area (Å²) in [5, 5.41) is 0. The van der Waals surface area contributed by atoms with E-state index in [9.17, 15) is 18.0 Å². The SMILES string of the molecule is CCOC(=O)N1CCN(C(=O)C(Cc2cccc(N=C(N)N)c2)NS(=O)(=O)c2c(C(C)C)cc(C(C)C)cc2C(C)C)CC1. The van der Waals surface area contributed by atoms with Crippen LogP contribution in [0.4, 0.5) is 10.5 Å². The molecule has 0 radical (unpaired) electrons. The molecule has 2 aromatic rings. The number of hydrogen-bond acceptors (Lipinski definition) is 6. The number of ether oxygens (including phenoxy) is 1. The number of nitrogens with two attached hydrogens (primary N) is 2. The number of nitrogens with zero attached hydrogens (tertiary/aromatic N) is 3. The predicted molar refractivity (Wildman–Crippen MR) is 174 cm³/mol. The molecule has 0 bridgehead atoms. The number of nitrogens with one attached hydrogen (secondary N) is 1. The van der Waals surface area contributed by atoms with E-state index in [0.29, 0.717) is 11.3 Å². The summed E-state index contributed by atoms with van der Waals surface area (Å²) in [6, 6.07) is 9.83. The lowest BCUT2D eigenvalue weighted by Crippen LogP contribution is -2.56. The predicted octanol–water partition coefficient (Wildman–Crippen LogP) is 4.15. The second kappa shape index (κ2) is 14.9. The number of aliphatic imine (C=N–C) groups is 1. The molecule has 3 rings (SSSR count). The first-order chi connectivity index (χ1) is 20.6. The summed E-state index contributed by atoms with van der Waals surface area (Å²) in [7, 11) is -4.17. The number of rotatable bonds is 11. The van der Waals surface area contributed by atoms with Crippen LogP contribution in [0.2, 0.25) is 0 Å². The third-order valence-electron chi connectivity index (χ3n) is 7.67. The van der Waals surface area contributed by atoms with Gasteiger partial charge in [0.2, 0.25) is 15.9 Å². The number of amides is 2. The molecule has 1 aliphatic rings. The molecule has 0 aromatic heterocycles. The van der Waals surface area contributed by atoms with Gasteiger partial charge in [0.05, 0.1) is 17.2 Å². The van der Waals surface area contributed by atoms with Crippen LogP contribution in [0.1, 0.15) is 88.5 Å². The highest BCUT2D eigenvalue weighted by molar-refractivity contribution is 7.89. The molecule has 12 heteroatoms. The Labute approximate surface area is 262 Å². The van der Waals surface area contributed by atoms with Gasteiger partial charge in [-0.05, 0) is 65.5 Å². The van der Waals surface area contributed by atoms with Crippen LogP contribution in [0.25, 0.3) is 0 Å². The Bertz CT molecular complexity index is 1430. The fourth-order valence-electron chi connectivity index (χ4n) is 5.31. The Morgan fingerprint density at radius 3 is 1.98 bits per heavy atom. The van der Waals surface area contributed by atoms with Crippen LogP contribution in [0.5, 0.6) is 0 Å². The van der Waals surface area contributed by atoms with Gasteiger partial charge in [0.15, 0.2) is 5.96 Å². The lowest BCUT2D eigenvalue weighted by Gasteiger charge is -2.36. The minimum Gasteiger partial charge on any atom is -0.450 e. The van der Waals surface area contributed by atoms with Crippen molar-refractivity contribution < 1.29 is 22.7 Å². The molecule has 5 N–H and O–H groups in total. The highest BCUT2D eigenvalue weighted by Gasteiger charge is 2.35. The minimum absolute atomic E-state index is 0.0702. The van der Waals surface area contributed by atoms with Crippen LogP contribution in [0.15, 0.2) is 46.3 Å². The van der Waals surface area contributed by atoms with Crippen LogP contribution in [0.3, 0.4) is 0 Å². The van der Waals surface area contributed by atoms with Gasteiger partial charge in [-0.2, -0.15) is 4.72 Å². The molecule has 1 fully saturated rings. The van der Waals surface area contributed by atoms with Crippen LogP contribution in [0, 0.1) is 0 Å². The van der Waals surface area contributed by atoms with E-state index in [2.05, 4.69) is 23.6 Å². The largest absolute Gasteiger partial charge is 0.450 e. The average molecular weight is 629 g/mol. The molecule has 1 heterocycles. The topological polar surface area (TPSA) is 160 Å². The number of carbonyl (C=O) groups is 2. The van der Waals surface area contributed by atoms with Gasteiger partial charge in [0.25, 0.3) is 0 Å². The first kappa shape index (κ1) is 34.8. The Hall–Kier alpha value is -3.64. The average Bonchev–Trinajstić information content (AvgIpc) is 2.95. The smallest absolute Gasteiger partial charge is 0.409 e. The van der Waals surface area contributed by atoms with Crippen molar-refractivity contribution in [1.29, 1.82) is 0 Å². The maximum absolute atomic E-state index is 14.4. The molecule has 0 saturated carbocycles. The minimum atomic E-state index is -4.17. The van der Waals surface area contributed by atoms with Crippen molar-refractivity contribution in [2.75, 3.05) is 32.8 Å². The molecule has 1 atom stereocenters.